The third-order valence-electron chi connectivity index (χ3n) is 7.00. The fraction of sp³-hybridized carbons (Fsp3) is 0.296. The Bertz CT molecular complexity index is 1080. The second-order valence-corrected chi connectivity index (χ2v) is 8.91. The summed E-state index contributed by atoms with van der Waals surface area (Å²) >= 11 is 0. The van der Waals surface area contributed by atoms with Crippen LogP contribution in [0.5, 0.6) is 0 Å². The number of carbonyl (C=O) groups is 1. The van der Waals surface area contributed by atoms with Gasteiger partial charge in [0.15, 0.2) is 0 Å². The van der Waals surface area contributed by atoms with E-state index in [4.69, 9.17) is 0 Å². The van der Waals surface area contributed by atoms with Gasteiger partial charge in [-0.15, -0.1) is 0 Å². The van der Waals surface area contributed by atoms with Gasteiger partial charge in [0.2, 0.25) is 5.91 Å². The van der Waals surface area contributed by atoms with Gasteiger partial charge < -0.3 is 10.0 Å². The largest absolute Gasteiger partial charge is 0.395 e. The maximum atomic E-state index is 13.8. The average molecular weight is 431 g/mol. The van der Waals surface area contributed by atoms with Crippen LogP contribution in [0.15, 0.2) is 84.9 Å². The van der Waals surface area contributed by atoms with E-state index in [1.165, 1.54) is 11.6 Å². The second-order valence-electron chi connectivity index (χ2n) is 8.91. The molecule has 5 heteroatoms. The Morgan fingerprint density at radius 2 is 1.59 bits per heavy atom. The Labute approximate surface area is 187 Å². The van der Waals surface area contributed by atoms with Crippen LogP contribution in [-0.2, 0) is 17.8 Å². The molecule has 164 valence electrons. The number of amides is 1. The van der Waals surface area contributed by atoms with E-state index in [9.17, 15) is 14.3 Å². The molecule has 0 saturated carbocycles. The van der Waals surface area contributed by atoms with Crippen molar-refractivity contribution in [2.75, 3.05) is 19.7 Å². The van der Waals surface area contributed by atoms with Crippen molar-refractivity contribution in [1.29, 1.82) is 0 Å². The zero-order chi connectivity index (χ0) is 22.1. The van der Waals surface area contributed by atoms with E-state index < -0.39 is 0 Å². The number of hydrogen-bond acceptors (Lipinski definition) is 3. The molecule has 0 aromatic heterocycles. The minimum absolute atomic E-state index is 0.0224. The van der Waals surface area contributed by atoms with Crippen LogP contribution in [0.25, 0.3) is 0 Å². The van der Waals surface area contributed by atoms with Crippen molar-refractivity contribution in [1.82, 2.24) is 9.80 Å². The first kappa shape index (κ1) is 20.9. The van der Waals surface area contributed by atoms with Crippen LogP contribution in [0.3, 0.4) is 0 Å². The normalized spacial score (nSPS) is 21.8. The number of likely N-dealkylation sites (tertiary alicyclic amines) is 2. The van der Waals surface area contributed by atoms with Crippen molar-refractivity contribution < 1.29 is 14.3 Å². The van der Waals surface area contributed by atoms with E-state index in [-0.39, 0.29) is 35.8 Å². The molecule has 1 spiro atoms. The predicted molar refractivity (Wildman–Crippen MR) is 121 cm³/mol. The van der Waals surface area contributed by atoms with Crippen LogP contribution < -0.4 is 0 Å². The molecule has 0 unspecified atom stereocenters. The molecule has 4 nitrogen and oxygen atoms in total. The van der Waals surface area contributed by atoms with Gasteiger partial charge in [0.05, 0.1) is 18.6 Å². The van der Waals surface area contributed by atoms with Gasteiger partial charge in [-0.2, -0.15) is 0 Å². The Kier molecular flexibility index (Phi) is 5.53. The van der Waals surface area contributed by atoms with E-state index in [2.05, 4.69) is 17.0 Å². The first-order chi connectivity index (χ1) is 15.6. The summed E-state index contributed by atoms with van der Waals surface area (Å²) in [5, 5.41) is 10.2. The number of halogens is 1. The molecule has 2 atom stereocenters. The molecular formula is C27H27FN2O2. The molecule has 2 fully saturated rings. The van der Waals surface area contributed by atoms with E-state index in [0.29, 0.717) is 26.1 Å². The Morgan fingerprint density at radius 3 is 2.25 bits per heavy atom. The van der Waals surface area contributed by atoms with Gasteiger partial charge in [-0.25, -0.2) is 4.39 Å². The van der Waals surface area contributed by atoms with Crippen LogP contribution >= 0.6 is 0 Å². The van der Waals surface area contributed by atoms with Crippen molar-refractivity contribution in [3.8, 4) is 0 Å². The minimum Gasteiger partial charge on any atom is -0.395 e. The Balaban J connectivity index is 1.39. The summed E-state index contributed by atoms with van der Waals surface area (Å²) in [5.41, 5.74) is 2.82. The zero-order valence-electron chi connectivity index (χ0n) is 17.9. The van der Waals surface area contributed by atoms with Crippen molar-refractivity contribution in [2.24, 2.45) is 0 Å². The summed E-state index contributed by atoms with van der Waals surface area (Å²) in [6.45, 7) is 1.80. The van der Waals surface area contributed by atoms with E-state index in [0.717, 1.165) is 11.1 Å². The summed E-state index contributed by atoms with van der Waals surface area (Å²) in [4.78, 5) is 17.1. The number of carbonyl (C=O) groups excluding carboxylic acids is 1. The molecule has 2 aliphatic rings. The van der Waals surface area contributed by atoms with E-state index in [1.807, 2.05) is 59.5 Å². The first-order valence-electron chi connectivity index (χ1n) is 11.1. The highest BCUT2D eigenvalue weighted by Crippen LogP contribution is 2.54. The molecule has 5 rings (SSSR count). The number of rotatable bonds is 6. The molecule has 2 heterocycles. The number of benzene rings is 3. The fourth-order valence-electron chi connectivity index (χ4n) is 5.52. The molecule has 2 aliphatic heterocycles. The monoisotopic (exact) mass is 430 g/mol. The van der Waals surface area contributed by atoms with Crippen molar-refractivity contribution >= 4 is 5.91 Å². The number of aliphatic hydroxyl groups is 1. The lowest BCUT2D eigenvalue weighted by Crippen LogP contribution is -2.84. The fourth-order valence-corrected chi connectivity index (χ4v) is 5.52. The quantitative estimate of drug-likeness (QED) is 0.650. The third-order valence-corrected chi connectivity index (χ3v) is 7.00. The van der Waals surface area contributed by atoms with E-state index >= 15 is 0 Å². The van der Waals surface area contributed by atoms with Crippen molar-refractivity contribution in [3.63, 3.8) is 0 Å². The average Bonchev–Trinajstić information content (AvgIpc) is 2.77. The van der Waals surface area contributed by atoms with Gasteiger partial charge >= 0.3 is 0 Å². The number of nitrogens with zero attached hydrogens (tertiary/aromatic N) is 2. The maximum Gasteiger partial charge on any atom is 0.227 e. The van der Waals surface area contributed by atoms with Crippen molar-refractivity contribution in [3.05, 3.63) is 107 Å². The molecule has 2 saturated heterocycles. The molecule has 0 aliphatic carbocycles. The van der Waals surface area contributed by atoms with Crippen LogP contribution in [0, 0.1) is 5.82 Å². The smallest absolute Gasteiger partial charge is 0.227 e. The van der Waals surface area contributed by atoms with Gasteiger partial charge in [0.25, 0.3) is 0 Å². The van der Waals surface area contributed by atoms with Gasteiger partial charge in [-0.3, -0.25) is 9.69 Å². The molecule has 32 heavy (non-hydrogen) atoms. The highest BCUT2D eigenvalue weighted by Gasteiger charge is 2.66. The summed E-state index contributed by atoms with van der Waals surface area (Å²) in [5.74, 6) is -0.0136. The molecule has 1 N–H and O–H groups in total. The molecule has 0 radical (unpaired) electrons. The van der Waals surface area contributed by atoms with Gasteiger partial charge in [-0.1, -0.05) is 72.8 Å². The highest BCUT2D eigenvalue weighted by atomic mass is 19.1. The van der Waals surface area contributed by atoms with Gasteiger partial charge in [0, 0.05) is 31.6 Å². The SMILES string of the molecule is O=C(Cc1ccccc1)N1CC2(C1)[C@@H](c1ccccc1)[C@@H](CO)N2Cc1cccc(F)c1. The highest BCUT2D eigenvalue weighted by molar-refractivity contribution is 5.80. The summed E-state index contributed by atoms with van der Waals surface area (Å²) < 4.78 is 13.8. The molecule has 3 aromatic carbocycles. The summed E-state index contributed by atoms with van der Waals surface area (Å²) in [6.07, 6.45) is 0.389. The minimum atomic E-state index is -0.259. The Morgan fingerprint density at radius 1 is 0.938 bits per heavy atom. The number of aliphatic hydroxyl groups excluding tert-OH is 1. The number of hydrogen-bond donors (Lipinski definition) is 1. The summed E-state index contributed by atoms with van der Waals surface area (Å²) in [6, 6.07) is 26.6. The topological polar surface area (TPSA) is 43.8 Å². The Hall–Kier alpha value is -3.02. The van der Waals surface area contributed by atoms with Gasteiger partial charge in [0.1, 0.15) is 5.82 Å². The molecule has 3 aromatic rings. The molecule has 1 amide bonds. The predicted octanol–water partition coefficient (Wildman–Crippen LogP) is 3.61. The molecule has 0 bridgehead atoms. The second kappa shape index (κ2) is 8.49. The lowest BCUT2D eigenvalue weighted by molar-refractivity contribution is -0.199. The van der Waals surface area contributed by atoms with E-state index in [1.54, 1.807) is 12.1 Å². The third kappa shape index (κ3) is 3.61. The zero-order valence-corrected chi connectivity index (χ0v) is 17.9. The van der Waals surface area contributed by atoms with Crippen LogP contribution in [0.4, 0.5) is 4.39 Å². The standard InChI is InChI=1S/C27H27FN2O2/c28-23-13-7-10-21(14-23)16-30-24(17-31)26(22-11-5-2-6-12-22)27(30)18-29(19-27)25(32)15-20-8-3-1-4-9-20/h1-14,24,26,31H,15-19H2/t24-,26+/m1/s1. The molecular weight excluding hydrogens is 403 g/mol. The lowest BCUT2D eigenvalue weighted by atomic mass is 9.60. The van der Waals surface area contributed by atoms with Crippen molar-refractivity contribution in [2.45, 2.75) is 30.5 Å². The van der Waals surface area contributed by atoms with Gasteiger partial charge in [-0.05, 0) is 28.8 Å². The lowest BCUT2D eigenvalue weighted by Gasteiger charge is -2.71. The maximum absolute atomic E-state index is 13.8. The van der Waals surface area contributed by atoms with Crippen LogP contribution in [-0.4, -0.2) is 52.1 Å². The van der Waals surface area contributed by atoms with Crippen LogP contribution in [0.1, 0.15) is 22.6 Å². The van der Waals surface area contributed by atoms with Crippen LogP contribution in [0.2, 0.25) is 0 Å². The summed E-state index contributed by atoms with van der Waals surface area (Å²) in [7, 11) is 0. The first-order valence-corrected chi connectivity index (χ1v) is 11.1.